The molecule has 5 atom stereocenters. The lowest BCUT2D eigenvalue weighted by Gasteiger charge is -2.51. The van der Waals surface area contributed by atoms with Crippen LogP contribution in [0.15, 0.2) is 43.1 Å². The first-order valence-corrected chi connectivity index (χ1v) is 11.1. The molecule has 3 fully saturated rings. The lowest BCUT2D eigenvalue weighted by molar-refractivity contribution is -0.0506. The second-order valence-electron chi connectivity index (χ2n) is 9.73. The van der Waals surface area contributed by atoms with Crippen molar-refractivity contribution in [1.29, 1.82) is 0 Å². The van der Waals surface area contributed by atoms with Crippen LogP contribution in [-0.2, 0) is 4.74 Å². The molecule has 5 rings (SSSR count). The maximum Gasteiger partial charge on any atom is 0.408 e. The minimum absolute atomic E-state index is 0.123. The van der Waals surface area contributed by atoms with Crippen molar-refractivity contribution in [3.8, 4) is 5.75 Å². The molecule has 3 aliphatic rings. The highest BCUT2D eigenvalue weighted by molar-refractivity contribution is 5.84. The number of carbonyl (C=O) groups excluding carboxylic acids is 1. The Kier molecular flexibility index (Phi) is 5.93. The average molecular weight is 424 g/mol. The van der Waals surface area contributed by atoms with Gasteiger partial charge in [0, 0.05) is 29.2 Å². The van der Waals surface area contributed by atoms with E-state index in [1.54, 1.807) is 13.3 Å². The molecule has 0 spiro atoms. The van der Waals surface area contributed by atoms with Crippen LogP contribution in [0, 0.1) is 11.8 Å². The van der Waals surface area contributed by atoms with E-state index in [9.17, 15) is 4.79 Å². The molecule has 1 N–H and O–H groups in total. The Morgan fingerprint density at radius 2 is 2.16 bits per heavy atom. The van der Waals surface area contributed by atoms with Gasteiger partial charge in [0.15, 0.2) is 0 Å². The second kappa shape index (κ2) is 8.50. The van der Waals surface area contributed by atoms with Gasteiger partial charge in [0.05, 0.1) is 18.7 Å². The van der Waals surface area contributed by atoms with Gasteiger partial charge >= 0.3 is 6.09 Å². The summed E-state index contributed by atoms with van der Waals surface area (Å²) in [7, 11) is 1.66. The lowest BCUT2D eigenvalue weighted by atomic mass is 9.73. The minimum Gasteiger partial charge on any atom is -0.497 e. The summed E-state index contributed by atoms with van der Waals surface area (Å²) in [5.41, 5.74) is 1.47. The number of benzene rings is 1. The van der Waals surface area contributed by atoms with Crippen molar-refractivity contribution in [2.24, 2.45) is 11.8 Å². The fourth-order valence-corrected chi connectivity index (χ4v) is 5.01. The molecule has 3 saturated heterocycles. The van der Waals surface area contributed by atoms with Crippen LogP contribution >= 0.6 is 0 Å². The topological polar surface area (TPSA) is 63.7 Å². The van der Waals surface area contributed by atoms with E-state index in [1.165, 1.54) is 6.42 Å². The molecule has 4 heterocycles. The van der Waals surface area contributed by atoms with E-state index in [2.05, 4.69) is 27.9 Å². The molecular weight excluding hydrogens is 390 g/mol. The van der Waals surface area contributed by atoms with Gasteiger partial charge in [-0.3, -0.25) is 9.88 Å². The molecule has 3 aliphatic heterocycles. The molecule has 2 aromatic rings. The number of hydrogen-bond donors (Lipinski definition) is 1. The fourth-order valence-electron chi connectivity index (χ4n) is 5.01. The number of rotatable bonds is 5. The van der Waals surface area contributed by atoms with Crippen molar-refractivity contribution in [1.82, 2.24) is 15.2 Å². The summed E-state index contributed by atoms with van der Waals surface area (Å²) >= 11 is 0. The number of pyridine rings is 1. The Morgan fingerprint density at radius 1 is 1.35 bits per heavy atom. The number of aromatic nitrogens is 1. The Labute approximate surface area is 184 Å². The Morgan fingerprint density at radius 3 is 2.81 bits per heavy atom. The van der Waals surface area contributed by atoms with Gasteiger partial charge in [0.25, 0.3) is 0 Å². The Balaban J connectivity index is 1.74. The highest BCUT2D eigenvalue weighted by Crippen LogP contribution is 2.43. The zero-order valence-electron chi connectivity index (χ0n) is 18.9. The van der Waals surface area contributed by atoms with Crippen molar-refractivity contribution >= 4 is 17.0 Å². The summed E-state index contributed by atoms with van der Waals surface area (Å²) in [4.78, 5) is 19.8. The molecular formula is C25H33N3O3. The monoisotopic (exact) mass is 423 g/mol. The number of carbonyl (C=O) groups is 1. The highest BCUT2D eigenvalue weighted by atomic mass is 16.6. The molecule has 1 amide bonds. The molecule has 31 heavy (non-hydrogen) atoms. The van der Waals surface area contributed by atoms with Crippen molar-refractivity contribution in [3.63, 3.8) is 0 Å². The van der Waals surface area contributed by atoms with Crippen LogP contribution in [0.5, 0.6) is 5.75 Å². The molecule has 0 aliphatic carbocycles. The molecule has 0 saturated carbocycles. The van der Waals surface area contributed by atoms with E-state index >= 15 is 0 Å². The smallest absolute Gasteiger partial charge is 0.408 e. The quantitative estimate of drug-likeness (QED) is 0.706. The largest absolute Gasteiger partial charge is 0.497 e. The number of piperidine rings is 3. The van der Waals surface area contributed by atoms with Gasteiger partial charge in [-0.2, -0.15) is 0 Å². The Bertz CT molecular complexity index is 968. The van der Waals surface area contributed by atoms with E-state index in [-0.39, 0.29) is 11.6 Å². The van der Waals surface area contributed by atoms with Gasteiger partial charge in [-0.25, -0.2) is 4.79 Å². The number of fused-ring (bicyclic) bond motifs is 4. The third kappa shape index (κ3) is 4.54. The zero-order valence-corrected chi connectivity index (χ0v) is 18.9. The normalized spacial score (nSPS) is 26.3. The first kappa shape index (κ1) is 21.6. The summed E-state index contributed by atoms with van der Waals surface area (Å²) < 4.78 is 11.6. The second-order valence-corrected chi connectivity index (χ2v) is 9.73. The van der Waals surface area contributed by atoms with Crippen molar-refractivity contribution < 1.29 is 14.3 Å². The zero-order chi connectivity index (χ0) is 22.2. The SMILES string of the molecule is C=CC1CN2CCC1CC2C(OC(=O)NC(C)(C)C)c1ccnc2ccc(OC)cc12. The van der Waals surface area contributed by atoms with Crippen LogP contribution in [-0.4, -0.2) is 47.8 Å². The van der Waals surface area contributed by atoms with Crippen LogP contribution in [0.3, 0.4) is 0 Å². The third-order valence-corrected chi connectivity index (χ3v) is 6.50. The van der Waals surface area contributed by atoms with Gasteiger partial charge in [0.1, 0.15) is 11.9 Å². The number of ether oxygens (including phenoxy) is 2. The van der Waals surface area contributed by atoms with E-state index in [0.29, 0.717) is 11.8 Å². The molecule has 2 bridgehead atoms. The standard InChI is InChI=1S/C25H33N3O3/c1-6-16-15-28-12-10-17(16)13-22(28)23(31-24(29)27-25(2,3)4)19-9-11-26-21-8-7-18(30-5)14-20(19)21/h6-9,11,14,16-17,22-23H,1,10,12-13,15H2,2-5H3,(H,27,29). The number of methoxy groups -OCH3 is 1. The summed E-state index contributed by atoms with van der Waals surface area (Å²) in [5.74, 6) is 1.84. The number of nitrogens with zero attached hydrogens (tertiary/aromatic N) is 2. The van der Waals surface area contributed by atoms with Crippen molar-refractivity contribution in [3.05, 3.63) is 48.7 Å². The van der Waals surface area contributed by atoms with E-state index in [1.807, 2.05) is 45.0 Å². The fraction of sp³-hybridized carbons (Fsp3) is 0.520. The summed E-state index contributed by atoms with van der Waals surface area (Å²) in [6.45, 7) is 11.9. The Hall–Kier alpha value is -2.60. The molecule has 0 radical (unpaired) electrons. The van der Waals surface area contributed by atoms with Crippen molar-refractivity contribution in [2.45, 2.75) is 51.3 Å². The van der Waals surface area contributed by atoms with Crippen LogP contribution in [0.4, 0.5) is 4.79 Å². The van der Waals surface area contributed by atoms with E-state index in [0.717, 1.165) is 41.7 Å². The first-order valence-electron chi connectivity index (χ1n) is 11.1. The summed E-state index contributed by atoms with van der Waals surface area (Å²) in [6.07, 6.45) is 5.24. The van der Waals surface area contributed by atoms with E-state index < -0.39 is 12.2 Å². The van der Waals surface area contributed by atoms with Gasteiger partial charge in [-0.1, -0.05) is 6.08 Å². The van der Waals surface area contributed by atoms with Crippen LogP contribution in [0.2, 0.25) is 0 Å². The highest BCUT2D eigenvalue weighted by Gasteiger charge is 2.44. The number of nitrogens with one attached hydrogen (secondary N) is 1. The molecule has 6 nitrogen and oxygen atoms in total. The average Bonchev–Trinajstić information content (AvgIpc) is 2.75. The maximum absolute atomic E-state index is 12.9. The lowest BCUT2D eigenvalue weighted by Crippen LogP contribution is -2.56. The van der Waals surface area contributed by atoms with Crippen LogP contribution in [0.1, 0.15) is 45.3 Å². The first-order chi connectivity index (χ1) is 14.8. The van der Waals surface area contributed by atoms with Gasteiger partial charge in [-0.15, -0.1) is 6.58 Å². The number of amides is 1. The van der Waals surface area contributed by atoms with Crippen LogP contribution < -0.4 is 10.1 Å². The van der Waals surface area contributed by atoms with E-state index in [4.69, 9.17) is 9.47 Å². The van der Waals surface area contributed by atoms with Gasteiger partial charge in [0.2, 0.25) is 0 Å². The summed E-state index contributed by atoms with van der Waals surface area (Å²) in [5, 5.41) is 3.91. The molecule has 5 unspecified atom stereocenters. The molecule has 1 aromatic carbocycles. The molecule has 1 aromatic heterocycles. The predicted octanol–water partition coefficient (Wildman–Crippen LogP) is 4.71. The predicted molar refractivity (Wildman–Crippen MR) is 122 cm³/mol. The number of hydrogen-bond acceptors (Lipinski definition) is 5. The molecule has 6 heteroatoms. The van der Waals surface area contributed by atoms with Crippen molar-refractivity contribution in [2.75, 3.05) is 20.2 Å². The minimum atomic E-state index is -0.395. The maximum atomic E-state index is 12.9. The molecule has 166 valence electrons. The summed E-state index contributed by atoms with van der Waals surface area (Å²) in [6, 6.07) is 7.94. The third-order valence-electron chi connectivity index (χ3n) is 6.50. The van der Waals surface area contributed by atoms with Gasteiger partial charge < -0.3 is 14.8 Å². The van der Waals surface area contributed by atoms with Crippen LogP contribution in [0.25, 0.3) is 10.9 Å². The number of alkyl carbamates (subject to hydrolysis) is 1. The van der Waals surface area contributed by atoms with Gasteiger partial charge in [-0.05, 0) is 76.3 Å².